The lowest BCUT2D eigenvalue weighted by molar-refractivity contribution is -0.367. The first-order valence-electron chi connectivity index (χ1n) is 34.3. The van der Waals surface area contributed by atoms with Gasteiger partial charge in [0.05, 0.1) is 63.4 Å². The molecule has 588 valence electrons. The van der Waals surface area contributed by atoms with E-state index in [0.29, 0.717) is 12.8 Å². The molecule has 1 aliphatic carbocycles. The summed E-state index contributed by atoms with van der Waals surface area (Å²) < 4.78 is 117. The maximum atomic E-state index is 14.3. The molecule has 10 N–H and O–H groups in total. The molecule has 0 radical (unpaired) electrons. The minimum atomic E-state index is -5.69. The van der Waals surface area contributed by atoms with Gasteiger partial charge in [0.15, 0.2) is 73.9 Å². The summed E-state index contributed by atoms with van der Waals surface area (Å²) in [5.41, 5.74) is 10.3. The van der Waals surface area contributed by atoms with Crippen molar-refractivity contribution in [3.8, 4) is 0 Å². The highest BCUT2D eigenvalue weighted by molar-refractivity contribution is 7.47. The Bertz CT molecular complexity index is 3220. The molecule has 5 saturated heterocycles. The Hall–Kier alpha value is -6.61. The second-order valence-electron chi connectivity index (χ2n) is 27.6. The van der Waals surface area contributed by atoms with Gasteiger partial charge in [0.2, 0.25) is 17.7 Å². The normalized spacial score (nSPS) is 36.1. The van der Waals surface area contributed by atoms with Gasteiger partial charge < -0.3 is 114 Å². The molecule has 0 aromatic heterocycles. The molecule has 5 fully saturated rings. The first-order chi connectivity index (χ1) is 48.6. The van der Waals surface area contributed by atoms with E-state index in [9.17, 15) is 67.6 Å². The molecule has 36 nitrogen and oxygen atoms in total. The lowest BCUT2D eigenvalue weighted by atomic mass is 9.82. The molecule has 0 spiro atoms. The fourth-order valence-corrected chi connectivity index (χ4v) is 14.1. The number of hydrogen-bond donors (Lipinski definition) is 8. The molecule has 6 aliphatic rings. The smallest absolute Gasteiger partial charge is 0.474 e. The van der Waals surface area contributed by atoms with Gasteiger partial charge in [-0.1, -0.05) is 64.8 Å². The van der Waals surface area contributed by atoms with Crippen LogP contribution in [0.4, 0.5) is 4.79 Å². The summed E-state index contributed by atoms with van der Waals surface area (Å²) in [4.78, 5) is 142. The van der Waals surface area contributed by atoms with Crippen molar-refractivity contribution in [1.29, 1.82) is 0 Å². The van der Waals surface area contributed by atoms with Gasteiger partial charge in [-0.15, -0.1) is 0 Å². The third-order valence-corrected chi connectivity index (χ3v) is 20.2. The number of phosphoric ester groups is 1. The minimum Gasteiger partial charge on any atom is -0.510 e. The van der Waals surface area contributed by atoms with Crippen LogP contribution in [0.5, 0.6) is 0 Å². The summed E-state index contributed by atoms with van der Waals surface area (Å²) in [5, 5.41) is 30.7. The van der Waals surface area contributed by atoms with Crippen molar-refractivity contribution < 1.29 is 148 Å². The van der Waals surface area contributed by atoms with Gasteiger partial charge in [-0.25, -0.2) is 14.2 Å². The highest BCUT2D eigenvalue weighted by Gasteiger charge is 2.62. The standard InChI is InChI=1S/C67H104N5O31P/c1-28(2)19-18-20-29(3)23-24-88-46(60(82)87-17)27-91-104(85,86)103-65-55(56(102-66(69)83)67(16,84)57(101-65)58(68)80)100-62-48(71-38(12)74)35(9)51(45(96-62)26-90-63-53(93-40(14)76)31(5)30(4)44(95-63)25-89-39(13)75)98-61-47(70-37(11)73)34(8)50(36(10)92-61)97-64-54(94-41(15)77)33(7)32(6)52(99-64)59(81)72-49-42(78)21-22-43(49)79/h19,23,30-36,44-48,50-57,61-65,78,84H,18,20-22,24-27H2,1-17H3,(H2,68,80)(H2,69,83)(H,70,73)(H,71,74)(H,72,81)(H,85,86)/b29-23-/t30-,31-,32+,33-,34+,35+,36?,44?,45?,46+,47?,48?,50-,51-,52?,53?,54?,55?,56+,57?,61-,62-,63+,64+,65+,67-/m0/s1. The first kappa shape index (κ1) is 86.3. The Morgan fingerprint density at radius 3 is 1.77 bits per heavy atom. The third-order valence-electron chi connectivity index (χ3n) is 19.2. The van der Waals surface area contributed by atoms with Gasteiger partial charge >= 0.3 is 37.8 Å². The van der Waals surface area contributed by atoms with E-state index in [-0.39, 0.29) is 37.5 Å². The van der Waals surface area contributed by atoms with E-state index in [2.05, 4.69) is 16.0 Å². The average molecular weight is 1510 g/mol. The number of ketones is 1. The number of aliphatic hydroxyl groups is 2. The molecule has 11 unspecified atom stereocenters. The molecule has 6 rings (SSSR count). The van der Waals surface area contributed by atoms with Crippen molar-refractivity contribution in [1.82, 2.24) is 16.0 Å². The number of Topliss-reactive ketones (excluding diaryl/α,β-unsaturated/α-hetero) is 1. The molecular formula is C67H104N5O31P. The highest BCUT2D eigenvalue weighted by Crippen LogP contribution is 2.50. The van der Waals surface area contributed by atoms with Crippen molar-refractivity contribution in [3.63, 3.8) is 0 Å². The zero-order valence-corrected chi connectivity index (χ0v) is 62.5. The average Bonchev–Trinajstić information content (AvgIpc) is 0.835. The number of esters is 4. The number of carbonyl (C=O) groups is 10. The zero-order valence-electron chi connectivity index (χ0n) is 61.6. The number of ether oxygens (including phenoxy) is 15. The molecule has 5 amide bonds. The number of carbonyl (C=O) groups excluding carboxylic acids is 10. The SMILES string of the molecule is COC(=O)[C@@H](COP(=O)(O)O[C@H]1OC(C(N)=O)[C@@](C)(O)[C@H](OC(N)=O)C1O[C@@H]1OC(CO[C@@H]2OC(COC(C)=O)[C@@H](C)[C@H](C)C2OC(C)=O)[C@@H](O[C@@H]2OC(C)[C@@H](O[C@@H]3OC(C(=O)NC4=C(O)CCC4=O)[C@H](C)[C@H](C)C3OC(C)=O)[C@H](C)C2NC(C)=O)[C@H](C)C1NC(C)=O)OC/C=C(/C)CCC=C(C)C. The monoisotopic (exact) mass is 1510 g/mol. The summed E-state index contributed by atoms with van der Waals surface area (Å²) >= 11 is 0. The minimum absolute atomic E-state index is 0.0175. The maximum absolute atomic E-state index is 14.3. The molecular weight excluding hydrogens is 1400 g/mol. The predicted octanol–water partition coefficient (Wildman–Crippen LogP) is 2.39. The van der Waals surface area contributed by atoms with Crippen LogP contribution in [-0.2, 0) is 128 Å². The highest BCUT2D eigenvalue weighted by atomic mass is 31.2. The Labute approximate surface area is 603 Å². The van der Waals surface area contributed by atoms with E-state index < -0.39 is 238 Å². The number of nitrogens with two attached hydrogens (primary N) is 2. The van der Waals surface area contributed by atoms with Gasteiger partial charge in [-0.3, -0.25) is 47.4 Å². The maximum Gasteiger partial charge on any atom is 0.474 e. The van der Waals surface area contributed by atoms with E-state index in [1.54, 1.807) is 47.6 Å². The Balaban J connectivity index is 1.42. The molecule has 0 aromatic rings. The van der Waals surface area contributed by atoms with Crippen molar-refractivity contribution in [2.24, 2.45) is 47.0 Å². The van der Waals surface area contributed by atoms with E-state index in [4.69, 9.17) is 91.6 Å². The number of rotatable bonds is 31. The number of methoxy groups -OCH3 is 1. The Morgan fingerprint density at radius 1 is 0.654 bits per heavy atom. The van der Waals surface area contributed by atoms with Crippen LogP contribution in [0.1, 0.15) is 136 Å². The molecule has 27 atom stereocenters. The quantitative estimate of drug-likeness (QED) is 0.0214. The van der Waals surface area contributed by atoms with Crippen LogP contribution < -0.4 is 27.4 Å². The van der Waals surface area contributed by atoms with E-state index in [1.807, 2.05) is 26.8 Å². The van der Waals surface area contributed by atoms with Crippen molar-refractivity contribution in [2.45, 2.75) is 259 Å². The fraction of sp³-hybridized carbons (Fsp3) is 0.761. The van der Waals surface area contributed by atoms with Crippen molar-refractivity contribution >= 4 is 67.2 Å². The van der Waals surface area contributed by atoms with Crippen LogP contribution in [-0.4, -0.2) is 230 Å². The van der Waals surface area contributed by atoms with E-state index in [1.165, 1.54) is 27.7 Å². The van der Waals surface area contributed by atoms with Crippen LogP contribution >= 0.6 is 7.82 Å². The summed E-state index contributed by atoms with van der Waals surface area (Å²) in [5.74, 6) is -11.9. The molecule has 37 heteroatoms. The van der Waals surface area contributed by atoms with Gasteiger partial charge in [0.25, 0.3) is 5.91 Å². The molecule has 104 heavy (non-hydrogen) atoms. The zero-order chi connectivity index (χ0) is 77.7. The fourth-order valence-electron chi connectivity index (χ4n) is 13.3. The van der Waals surface area contributed by atoms with Crippen LogP contribution in [0.25, 0.3) is 0 Å². The number of aliphatic hydroxyl groups excluding tert-OH is 1. The van der Waals surface area contributed by atoms with Gasteiger partial charge in [0.1, 0.15) is 35.9 Å². The largest absolute Gasteiger partial charge is 0.510 e. The summed E-state index contributed by atoms with van der Waals surface area (Å²) in [7, 11) is -4.66. The van der Waals surface area contributed by atoms with Gasteiger partial charge in [-0.05, 0) is 59.3 Å². The van der Waals surface area contributed by atoms with Crippen LogP contribution in [0.3, 0.4) is 0 Å². The Morgan fingerprint density at radius 2 is 1.22 bits per heavy atom. The number of allylic oxidation sites excluding steroid dienone is 5. The molecule has 5 heterocycles. The van der Waals surface area contributed by atoms with Gasteiger partial charge in [0, 0.05) is 71.1 Å². The second-order valence-corrected chi connectivity index (χ2v) is 29.0. The first-order valence-corrected chi connectivity index (χ1v) is 35.8. The number of nitrogens with one attached hydrogen (secondary N) is 3. The van der Waals surface area contributed by atoms with Crippen LogP contribution in [0.15, 0.2) is 34.8 Å². The van der Waals surface area contributed by atoms with Crippen molar-refractivity contribution in [3.05, 3.63) is 34.8 Å². The third kappa shape index (κ3) is 22.7. The molecule has 5 aliphatic heterocycles. The van der Waals surface area contributed by atoms with Crippen molar-refractivity contribution in [2.75, 3.05) is 33.5 Å². The molecule has 0 aromatic carbocycles. The number of phosphoric acid groups is 1. The van der Waals surface area contributed by atoms with E-state index >= 15 is 0 Å². The van der Waals surface area contributed by atoms with E-state index in [0.717, 1.165) is 39.0 Å². The summed E-state index contributed by atoms with van der Waals surface area (Å²) in [6, 6.07) is -2.74. The molecule has 0 bridgehead atoms. The number of amides is 5. The lowest BCUT2D eigenvalue weighted by Crippen LogP contribution is -2.71. The topological polar surface area (TPSA) is 493 Å². The lowest BCUT2D eigenvalue weighted by Gasteiger charge is -2.52. The summed E-state index contributed by atoms with van der Waals surface area (Å²) in [6.07, 6.45) is -23.9. The second kappa shape index (κ2) is 37.8. The van der Waals surface area contributed by atoms with Crippen LogP contribution in [0.2, 0.25) is 0 Å². The Kier molecular flexibility index (Phi) is 31.3. The predicted molar refractivity (Wildman–Crippen MR) is 355 cm³/mol. The van der Waals surface area contributed by atoms with Crippen LogP contribution in [0, 0.1) is 35.5 Å². The number of hydrogen-bond acceptors (Lipinski definition) is 30. The molecule has 0 saturated carbocycles. The summed E-state index contributed by atoms with van der Waals surface area (Å²) in [6.45, 7) is 22.0. The number of primary amides is 2. The van der Waals surface area contributed by atoms with Gasteiger partial charge in [-0.2, -0.15) is 0 Å².